The van der Waals surface area contributed by atoms with Crippen molar-refractivity contribution in [3.05, 3.63) is 22.9 Å². The van der Waals surface area contributed by atoms with Crippen LogP contribution in [0.4, 0.5) is 0 Å². The van der Waals surface area contributed by atoms with Gasteiger partial charge in [0, 0.05) is 31.4 Å². The fourth-order valence-electron chi connectivity index (χ4n) is 1.46. The highest BCUT2D eigenvalue weighted by atomic mass is 16.2. The fourth-order valence-corrected chi connectivity index (χ4v) is 1.46. The molecule has 0 radical (unpaired) electrons. The van der Waals surface area contributed by atoms with Crippen LogP contribution in [0, 0.1) is 0 Å². The Labute approximate surface area is 87.5 Å². The van der Waals surface area contributed by atoms with Gasteiger partial charge >= 0.3 is 5.69 Å². The van der Waals surface area contributed by atoms with Gasteiger partial charge in [-0.2, -0.15) is 0 Å². The zero-order valence-electron chi connectivity index (χ0n) is 8.53. The summed E-state index contributed by atoms with van der Waals surface area (Å²) in [5, 5.41) is 2.91. The molecule has 2 N–H and O–H groups in total. The zero-order valence-corrected chi connectivity index (χ0v) is 8.53. The van der Waals surface area contributed by atoms with Crippen LogP contribution in [-0.2, 0) is 11.3 Å². The highest BCUT2D eigenvalue weighted by Gasteiger charge is 2.22. The molecule has 0 unspecified atom stereocenters. The third kappa shape index (κ3) is 2.97. The van der Waals surface area contributed by atoms with Gasteiger partial charge in [0.05, 0.1) is 0 Å². The molecule has 1 aliphatic carbocycles. The van der Waals surface area contributed by atoms with Crippen LogP contribution in [0.15, 0.2) is 17.2 Å². The summed E-state index contributed by atoms with van der Waals surface area (Å²) in [6.45, 7) is 0.598. The standard InChI is InChI=1S/C10H15N3O2/c14-9(12-8-3-4-8)2-1-6-13-7-5-11-10(13)15/h5,7-8H,1-4,6H2,(H,11,15)(H,12,14). The van der Waals surface area contributed by atoms with Crippen molar-refractivity contribution in [1.82, 2.24) is 14.9 Å². The highest BCUT2D eigenvalue weighted by molar-refractivity contribution is 5.76. The highest BCUT2D eigenvalue weighted by Crippen LogP contribution is 2.18. The molecule has 1 aliphatic rings. The van der Waals surface area contributed by atoms with Crippen molar-refractivity contribution in [2.24, 2.45) is 0 Å². The smallest absolute Gasteiger partial charge is 0.325 e. The molecule has 1 saturated carbocycles. The number of carbonyl (C=O) groups excluding carboxylic acids is 1. The zero-order chi connectivity index (χ0) is 10.7. The third-order valence-corrected chi connectivity index (χ3v) is 2.47. The van der Waals surface area contributed by atoms with Crippen molar-refractivity contribution in [2.45, 2.75) is 38.3 Å². The van der Waals surface area contributed by atoms with Crippen molar-refractivity contribution in [3.8, 4) is 0 Å². The number of rotatable bonds is 5. The predicted octanol–water partition coefficient (Wildman–Crippen LogP) is 0.235. The Balaban J connectivity index is 1.67. The number of hydrogen-bond acceptors (Lipinski definition) is 2. The van der Waals surface area contributed by atoms with Crippen molar-refractivity contribution >= 4 is 5.91 Å². The van der Waals surface area contributed by atoms with E-state index in [-0.39, 0.29) is 11.6 Å². The van der Waals surface area contributed by atoms with Crippen molar-refractivity contribution in [2.75, 3.05) is 0 Å². The van der Waals surface area contributed by atoms with E-state index in [1.807, 2.05) is 0 Å². The minimum absolute atomic E-state index is 0.0982. The molecule has 1 amide bonds. The van der Waals surface area contributed by atoms with E-state index < -0.39 is 0 Å². The number of nitrogens with zero attached hydrogens (tertiary/aromatic N) is 1. The summed E-state index contributed by atoms with van der Waals surface area (Å²) in [6.07, 6.45) is 6.73. The molecule has 5 nitrogen and oxygen atoms in total. The van der Waals surface area contributed by atoms with E-state index in [1.54, 1.807) is 17.0 Å². The molecule has 82 valence electrons. The summed E-state index contributed by atoms with van der Waals surface area (Å²) >= 11 is 0. The van der Waals surface area contributed by atoms with E-state index in [9.17, 15) is 9.59 Å². The third-order valence-electron chi connectivity index (χ3n) is 2.47. The van der Waals surface area contributed by atoms with Crippen LogP contribution in [0.3, 0.4) is 0 Å². The lowest BCUT2D eigenvalue weighted by Crippen LogP contribution is -2.25. The van der Waals surface area contributed by atoms with E-state index in [0.717, 1.165) is 12.8 Å². The first-order valence-corrected chi connectivity index (χ1v) is 5.29. The van der Waals surface area contributed by atoms with Gasteiger partial charge in [-0.25, -0.2) is 4.79 Å². The molecular formula is C10H15N3O2. The Hall–Kier alpha value is -1.52. The number of hydrogen-bond donors (Lipinski definition) is 2. The Morgan fingerprint density at radius 2 is 2.40 bits per heavy atom. The summed E-state index contributed by atoms with van der Waals surface area (Å²) in [5.74, 6) is 0.0982. The second-order valence-corrected chi connectivity index (χ2v) is 3.90. The molecule has 2 rings (SSSR count). The molecule has 0 spiro atoms. The molecule has 0 atom stereocenters. The Bertz CT molecular complexity index is 389. The van der Waals surface area contributed by atoms with Gasteiger partial charge in [0.25, 0.3) is 0 Å². The van der Waals surface area contributed by atoms with Crippen LogP contribution in [0.2, 0.25) is 0 Å². The molecule has 0 aromatic carbocycles. The summed E-state index contributed by atoms with van der Waals surface area (Å²) in [5.41, 5.74) is -0.113. The van der Waals surface area contributed by atoms with E-state index in [4.69, 9.17) is 0 Å². The van der Waals surface area contributed by atoms with E-state index in [2.05, 4.69) is 10.3 Å². The molecule has 0 saturated heterocycles. The molecular weight excluding hydrogens is 194 g/mol. The summed E-state index contributed by atoms with van der Waals surface area (Å²) in [4.78, 5) is 24.9. The first-order valence-electron chi connectivity index (χ1n) is 5.29. The molecule has 1 fully saturated rings. The monoisotopic (exact) mass is 209 g/mol. The van der Waals surface area contributed by atoms with Crippen LogP contribution in [0.25, 0.3) is 0 Å². The molecule has 1 heterocycles. The van der Waals surface area contributed by atoms with Crippen LogP contribution in [-0.4, -0.2) is 21.5 Å². The molecule has 0 aliphatic heterocycles. The average Bonchev–Trinajstić information content (AvgIpc) is 2.91. The van der Waals surface area contributed by atoms with Crippen molar-refractivity contribution in [1.29, 1.82) is 0 Å². The number of aryl methyl sites for hydroxylation is 1. The number of nitrogens with one attached hydrogen (secondary N) is 2. The predicted molar refractivity (Wildman–Crippen MR) is 55.5 cm³/mol. The minimum atomic E-state index is -0.113. The SMILES string of the molecule is O=C(CCCn1cc[nH]c1=O)NC1CC1. The Morgan fingerprint density at radius 3 is 3.00 bits per heavy atom. The van der Waals surface area contributed by atoms with Crippen LogP contribution in [0.5, 0.6) is 0 Å². The maximum atomic E-state index is 11.3. The number of H-pyrrole nitrogens is 1. The van der Waals surface area contributed by atoms with Gasteiger partial charge in [-0.3, -0.25) is 9.36 Å². The number of imidazole rings is 1. The lowest BCUT2D eigenvalue weighted by Gasteiger charge is -2.03. The quantitative estimate of drug-likeness (QED) is 0.729. The molecule has 0 bridgehead atoms. The second-order valence-electron chi connectivity index (χ2n) is 3.90. The molecule has 5 heteroatoms. The summed E-state index contributed by atoms with van der Waals surface area (Å²) in [7, 11) is 0. The Morgan fingerprint density at radius 1 is 1.60 bits per heavy atom. The largest absolute Gasteiger partial charge is 0.353 e. The van der Waals surface area contributed by atoms with Crippen molar-refractivity contribution in [3.63, 3.8) is 0 Å². The molecule has 15 heavy (non-hydrogen) atoms. The molecule has 1 aromatic heterocycles. The van der Waals surface area contributed by atoms with Crippen LogP contribution < -0.4 is 11.0 Å². The van der Waals surface area contributed by atoms with E-state index in [0.29, 0.717) is 25.4 Å². The van der Waals surface area contributed by atoms with Gasteiger partial charge in [0.2, 0.25) is 5.91 Å². The lowest BCUT2D eigenvalue weighted by molar-refractivity contribution is -0.121. The van der Waals surface area contributed by atoms with Gasteiger partial charge in [-0.05, 0) is 19.3 Å². The maximum absolute atomic E-state index is 11.3. The van der Waals surface area contributed by atoms with Crippen LogP contribution >= 0.6 is 0 Å². The normalized spacial score (nSPS) is 15.2. The lowest BCUT2D eigenvalue weighted by atomic mass is 10.3. The first-order chi connectivity index (χ1) is 7.25. The van der Waals surface area contributed by atoms with Gasteiger partial charge < -0.3 is 10.3 Å². The van der Waals surface area contributed by atoms with Crippen LogP contribution in [0.1, 0.15) is 25.7 Å². The van der Waals surface area contributed by atoms with Gasteiger partial charge in [-0.15, -0.1) is 0 Å². The second kappa shape index (κ2) is 4.33. The maximum Gasteiger partial charge on any atom is 0.325 e. The number of aromatic nitrogens is 2. The topological polar surface area (TPSA) is 66.9 Å². The average molecular weight is 209 g/mol. The van der Waals surface area contributed by atoms with E-state index in [1.165, 1.54) is 0 Å². The van der Waals surface area contributed by atoms with Gasteiger partial charge in [0.15, 0.2) is 0 Å². The van der Waals surface area contributed by atoms with Crippen molar-refractivity contribution < 1.29 is 4.79 Å². The summed E-state index contributed by atoms with van der Waals surface area (Å²) in [6, 6.07) is 0.424. The fraction of sp³-hybridized carbons (Fsp3) is 0.600. The number of aromatic amines is 1. The number of amides is 1. The van der Waals surface area contributed by atoms with E-state index >= 15 is 0 Å². The van der Waals surface area contributed by atoms with Gasteiger partial charge in [-0.1, -0.05) is 0 Å². The first kappa shape index (κ1) is 10.0. The number of carbonyl (C=O) groups is 1. The minimum Gasteiger partial charge on any atom is -0.353 e. The molecule has 1 aromatic rings. The van der Waals surface area contributed by atoms with Gasteiger partial charge in [0.1, 0.15) is 0 Å². The summed E-state index contributed by atoms with van der Waals surface area (Å²) < 4.78 is 1.57. The Kier molecular flexibility index (Phi) is 2.89.